The Kier molecular flexibility index (Phi) is 5.70. The molecule has 0 fully saturated rings. The third-order valence-electron chi connectivity index (χ3n) is 5.72. The van der Waals surface area contributed by atoms with Gasteiger partial charge >= 0.3 is 0 Å². The second-order valence-corrected chi connectivity index (χ2v) is 7.83. The van der Waals surface area contributed by atoms with E-state index in [-0.39, 0.29) is 11.8 Å². The molecule has 4 aromatic carbocycles. The zero-order valence-corrected chi connectivity index (χ0v) is 18.4. The van der Waals surface area contributed by atoms with Gasteiger partial charge in [-0.2, -0.15) is 0 Å². The van der Waals surface area contributed by atoms with E-state index >= 15 is 0 Å². The van der Waals surface area contributed by atoms with Crippen molar-refractivity contribution in [3.8, 4) is 17.2 Å². The number of carbonyl (C=O) groups is 2. The Morgan fingerprint density at radius 2 is 1.32 bits per heavy atom. The molecule has 34 heavy (non-hydrogen) atoms. The number of hydrogen-bond acceptors (Lipinski definition) is 4. The lowest BCUT2D eigenvalue weighted by Crippen LogP contribution is -2.26. The lowest BCUT2D eigenvalue weighted by atomic mass is 9.87. The highest BCUT2D eigenvalue weighted by Crippen LogP contribution is 2.44. The summed E-state index contributed by atoms with van der Waals surface area (Å²) in [5.41, 5.74) is 2.97. The maximum Gasteiger partial charge on any atom is 0.257 e. The topological polar surface area (TPSA) is 76.7 Å². The van der Waals surface area contributed by atoms with Gasteiger partial charge < -0.3 is 20.1 Å². The highest BCUT2D eigenvalue weighted by molar-refractivity contribution is 6.11. The van der Waals surface area contributed by atoms with Gasteiger partial charge in [0.15, 0.2) is 0 Å². The van der Waals surface area contributed by atoms with E-state index in [1.54, 1.807) is 55.6 Å². The van der Waals surface area contributed by atoms with E-state index in [0.29, 0.717) is 34.2 Å². The molecule has 0 saturated carbocycles. The third-order valence-corrected chi connectivity index (χ3v) is 5.72. The molecule has 1 aliphatic rings. The summed E-state index contributed by atoms with van der Waals surface area (Å²) in [6.45, 7) is 0. The molecule has 0 atom stereocenters. The molecule has 2 N–H and O–H groups in total. The summed E-state index contributed by atoms with van der Waals surface area (Å²) in [4.78, 5) is 26.6. The van der Waals surface area contributed by atoms with Crippen LogP contribution in [-0.2, 0) is 4.79 Å². The zero-order valence-electron chi connectivity index (χ0n) is 18.4. The van der Waals surface area contributed by atoms with Crippen molar-refractivity contribution in [1.82, 2.24) is 0 Å². The van der Waals surface area contributed by atoms with Crippen LogP contribution in [0.4, 0.5) is 11.4 Å². The molecule has 6 nitrogen and oxygen atoms in total. The van der Waals surface area contributed by atoms with Gasteiger partial charge in [0.25, 0.3) is 5.91 Å². The molecular formula is C28H22N2O4. The van der Waals surface area contributed by atoms with Gasteiger partial charge in [0.2, 0.25) is 5.91 Å². The maximum absolute atomic E-state index is 13.6. The Labute approximate surface area is 197 Å². The predicted molar refractivity (Wildman–Crippen MR) is 131 cm³/mol. The van der Waals surface area contributed by atoms with Gasteiger partial charge in [-0.1, -0.05) is 48.5 Å². The largest absolute Gasteiger partial charge is 0.497 e. The van der Waals surface area contributed by atoms with Crippen molar-refractivity contribution in [3.63, 3.8) is 0 Å². The lowest BCUT2D eigenvalue weighted by molar-refractivity contribution is -0.116. The summed E-state index contributed by atoms with van der Waals surface area (Å²) in [6.07, 6.45) is 0. The fourth-order valence-corrected chi connectivity index (χ4v) is 4.06. The molecule has 5 rings (SSSR count). The van der Waals surface area contributed by atoms with Crippen LogP contribution >= 0.6 is 0 Å². The van der Waals surface area contributed by atoms with Crippen molar-refractivity contribution in [3.05, 3.63) is 114 Å². The van der Waals surface area contributed by atoms with Gasteiger partial charge in [-0.05, 0) is 48.5 Å². The third kappa shape index (κ3) is 4.09. The first-order valence-corrected chi connectivity index (χ1v) is 10.8. The van der Waals surface area contributed by atoms with E-state index in [4.69, 9.17) is 9.47 Å². The minimum absolute atomic E-state index is 0.243. The average molecular weight is 450 g/mol. The first-order chi connectivity index (χ1) is 16.6. The quantitative estimate of drug-likeness (QED) is 0.401. The van der Waals surface area contributed by atoms with Crippen molar-refractivity contribution >= 4 is 23.2 Å². The van der Waals surface area contributed by atoms with E-state index in [9.17, 15) is 9.59 Å². The van der Waals surface area contributed by atoms with Crippen LogP contribution in [0.2, 0.25) is 0 Å². The molecule has 0 aromatic heterocycles. The fraction of sp³-hybridized carbons (Fsp3) is 0.0714. The summed E-state index contributed by atoms with van der Waals surface area (Å²) in [5.74, 6) is 0.849. The number of para-hydroxylation sites is 3. The Hall–Kier alpha value is -4.58. The number of nitrogens with one attached hydrogen (secondary N) is 2. The summed E-state index contributed by atoms with van der Waals surface area (Å²) >= 11 is 0. The van der Waals surface area contributed by atoms with E-state index in [1.165, 1.54) is 0 Å². The van der Waals surface area contributed by atoms with Crippen LogP contribution in [0.1, 0.15) is 27.4 Å². The van der Waals surface area contributed by atoms with Gasteiger partial charge in [-0.3, -0.25) is 9.59 Å². The van der Waals surface area contributed by atoms with Crippen molar-refractivity contribution < 1.29 is 19.1 Å². The molecule has 1 aliphatic heterocycles. The number of rotatable bonds is 5. The average Bonchev–Trinajstić information content (AvgIpc) is 2.88. The highest BCUT2D eigenvalue weighted by atomic mass is 16.5. The van der Waals surface area contributed by atoms with Crippen molar-refractivity contribution in [1.29, 1.82) is 0 Å². The number of ether oxygens (including phenoxy) is 2. The summed E-state index contributed by atoms with van der Waals surface area (Å²) in [5, 5.41) is 5.84. The normalized spacial score (nSPS) is 12.0. The predicted octanol–water partition coefficient (Wildman–Crippen LogP) is 5.82. The summed E-state index contributed by atoms with van der Waals surface area (Å²) in [6, 6.07) is 29.0. The van der Waals surface area contributed by atoms with Crippen molar-refractivity contribution in [2.75, 3.05) is 17.7 Å². The van der Waals surface area contributed by atoms with Crippen molar-refractivity contribution in [2.45, 2.75) is 5.92 Å². The van der Waals surface area contributed by atoms with Gasteiger partial charge in [-0.15, -0.1) is 0 Å². The highest BCUT2D eigenvalue weighted by Gasteiger charge is 2.32. The lowest BCUT2D eigenvalue weighted by Gasteiger charge is -2.27. The van der Waals surface area contributed by atoms with Crippen LogP contribution < -0.4 is 20.1 Å². The number of carbonyl (C=O) groups excluding carboxylic acids is 2. The molecule has 168 valence electrons. The van der Waals surface area contributed by atoms with Crippen LogP contribution in [0, 0.1) is 0 Å². The molecule has 0 unspecified atom stereocenters. The monoisotopic (exact) mass is 450 g/mol. The second-order valence-electron chi connectivity index (χ2n) is 7.83. The van der Waals surface area contributed by atoms with Gasteiger partial charge in [0, 0.05) is 16.8 Å². The van der Waals surface area contributed by atoms with Crippen LogP contribution in [0.3, 0.4) is 0 Å². The van der Waals surface area contributed by atoms with Gasteiger partial charge in [0.05, 0.1) is 24.3 Å². The standard InChI is InChI=1S/C28H22N2O4/c1-33-19-16-14-18(15-17-19)29-27(31)20-8-2-5-11-23(20)30-28(32)26-21-9-3-6-12-24(21)34-25-13-7-4-10-22(25)26/h2-17,26H,1H3,(H,29,31)(H,30,32). The maximum atomic E-state index is 13.6. The second kappa shape index (κ2) is 9.11. The Balaban J connectivity index is 1.43. The number of amides is 2. The first kappa shape index (κ1) is 21.3. The molecule has 2 amide bonds. The van der Waals surface area contributed by atoms with Gasteiger partial charge in [-0.25, -0.2) is 0 Å². The van der Waals surface area contributed by atoms with E-state index in [1.807, 2.05) is 48.5 Å². The van der Waals surface area contributed by atoms with Crippen LogP contribution in [-0.4, -0.2) is 18.9 Å². The van der Waals surface area contributed by atoms with Crippen LogP contribution in [0.5, 0.6) is 17.2 Å². The molecule has 0 aliphatic carbocycles. The number of methoxy groups -OCH3 is 1. The molecule has 4 aromatic rings. The number of hydrogen-bond donors (Lipinski definition) is 2. The SMILES string of the molecule is COc1ccc(NC(=O)c2ccccc2NC(=O)C2c3ccccc3Oc3ccccc32)cc1. The van der Waals surface area contributed by atoms with E-state index < -0.39 is 5.92 Å². The summed E-state index contributed by atoms with van der Waals surface area (Å²) in [7, 11) is 1.59. The van der Waals surface area contributed by atoms with Crippen LogP contribution in [0.25, 0.3) is 0 Å². The minimum atomic E-state index is -0.571. The van der Waals surface area contributed by atoms with E-state index in [0.717, 1.165) is 11.1 Å². The molecule has 0 spiro atoms. The number of benzene rings is 4. The molecule has 0 saturated heterocycles. The molecule has 0 bridgehead atoms. The fourth-order valence-electron chi connectivity index (χ4n) is 4.06. The van der Waals surface area contributed by atoms with Crippen molar-refractivity contribution in [2.24, 2.45) is 0 Å². The molecule has 6 heteroatoms. The molecular weight excluding hydrogens is 428 g/mol. The Bertz CT molecular complexity index is 1320. The zero-order chi connectivity index (χ0) is 23.5. The Morgan fingerprint density at radius 3 is 1.97 bits per heavy atom. The molecule has 1 heterocycles. The number of fused-ring (bicyclic) bond motifs is 2. The summed E-state index contributed by atoms with van der Waals surface area (Å²) < 4.78 is 11.2. The van der Waals surface area contributed by atoms with E-state index in [2.05, 4.69) is 10.6 Å². The smallest absolute Gasteiger partial charge is 0.257 e. The minimum Gasteiger partial charge on any atom is -0.497 e. The Morgan fingerprint density at radius 1 is 0.735 bits per heavy atom. The van der Waals surface area contributed by atoms with Gasteiger partial charge in [0.1, 0.15) is 17.2 Å². The molecule has 0 radical (unpaired) electrons. The number of anilines is 2. The van der Waals surface area contributed by atoms with Crippen LogP contribution in [0.15, 0.2) is 97.1 Å². The first-order valence-electron chi connectivity index (χ1n) is 10.8.